The molecule has 2 aromatic carbocycles. The number of allylic oxidation sites excluding steroid dienone is 6. The van der Waals surface area contributed by atoms with E-state index in [1.165, 1.54) is 28.2 Å². The van der Waals surface area contributed by atoms with Crippen molar-refractivity contribution in [2.45, 2.75) is 13.3 Å². The number of ether oxygens (including phenoxy) is 1. The van der Waals surface area contributed by atoms with Gasteiger partial charge in [-0.25, -0.2) is 0 Å². The molecule has 2 aromatic rings. The van der Waals surface area contributed by atoms with E-state index in [-0.39, 0.29) is 0 Å². The van der Waals surface area contributed by atoms with Crippen LogP contribution in [-0.4, -0.2) is 32.1 Å². The molecule has 2 heteroatoms. The van der Waals surface area contributed by atoms with Crippen molar-refractivity contribution in [2.24, 2.45) is 0 Å². The third-order valence-electron chi connectivity index (χ3n) is 4.68. The Labute approximate surface area is 163 Å². The van der Waals surface area contributed by atoms with Crippen LogP contribution in [0.15, 0.2) is 90.0 Å². The highest BCUT2D eigenvalue weighted by Gasteiger charge is 2.14. The van der Waals surface area contributed by atoms with Crippen molar-refractivity contribution in [1.82, 2.24) is 4.90 Å². The van der Waals surface area contributed by atoms with E-state index in [9.17, 15) is 0 Å². The monoisotopic (exact) mass is 358 g/mol. The lowest BCUT2D eigenvalue weighted by molar-refractivity contribution is 0.261. The molecule has 1 aliphatic rings. The molecule has 140 valence electrons. The van der Waals surface area contributed by atoms with Gasteiger partial charge in [0.2, 0.25) is 0 Å². The maximum absolute atomic E-state index is 5.86. The largest absolute Gasteiger partial charge is 0.493 e. The van der Waals surface area contributed by atoms with E-state index in [0.717, 1.165) is 18.7 Å². The lowest BCUT2D eigenvalue weighted by Gasteiger charge is -2.29. The number of hydrogen-bond acceptors (Lipinski definition) is 2. The van der Waals surface area contributed by atoms with Crippen molar-refractivity contribution >= 4 is 0 Å². The quantitative estimate of drug-likeness (QED) is 0.583. The minimum absolute atomic E-state index is 0.696. The molecular weight excluding hydrogens is 330 g/mol. The van der Waals surface area contributed by atoms with Gasteiger partial charge in [-0.05, 0) is 32.6 Å². The van der Waals surface area contributed by atoms with Gasteiger partial charge in [0.15, 0.2) is 0 Å². The second kappa shape index (κ2) is 9.29. The Morgan fingerprint density at radius 2 is 1.52 bits per heavy atom. The van der Waals surface area contributed by atoms with E-state index < -0.39 is 0 Å². The topological polar surface area (TPSA) is 12.5 Å². The lowest BCUT2D eigenvalue weighted by Crippen LogP contribution is -2.19. The fraction of sp³-hybridized carbons (Fsp3) is 0.240. The first-order chi connectivity index (χ1) is 13.2. The van der Waals surface area contributed by atoms with Crippen LogP contribution in [0.5, 0.6) is 5.75 Å². The van der Waals surface area contributed by atoms with Crippen LogP contribution in [0.2, 0.25) is 0 Å². The Balaban J connectivity index is 1.91. The fourth-order valence-electron chi connectivity index (χ4n) is 3.28. The normalized spacial score (nSPS) is 12.7. The zero-order valence-corrected chi connectivity index (χ0v) is 16.5. The molecule has 0 radical (unpaired) electrons. The molecule has 0 saturated carbocycles. The van der Waals surface area contributed by atoms with Gasteiger partial charge in [0, 0.05) is 6.54 Å². The average molecular weight is 359 g/mol. The van der Waals surface area contributed by atoms with Crippen molar-refractivity contribution < 1.29 is 4.74 Å². The van der Waals surface area contributed by atoms with Gasteiger partial charge >= 0.3 is 0 Å². The SMILES string of the molecule is CCC(=C1C=CC=C1)[C-](c1ccccc1)c1ccc(OCCN(C)C)cc1. The van der Waals surface area contributed by atoms with Crippen LogP contribution in [0, 0.1) is 5.92 Å². The van der Waals surface area contributed by atoms with E-state index in [1.54, 1.807) is 0 Å². The molecule has 0 amide bonds. The summed E-state index contributed by atoms with van der Waals surface area (Å²) in [4.78, 5) is 2.12. The predicted molar refractivity (Wildman–Crippen MR) is 114 cm³/mol. The lowest BCUT2D eigenvalue weighted by atomic mass is 9.81. The number of likely N-dealkylation sites (N-methyl/N-ethyl adjacent to an activating group) is 1. The number of benzene rings is 2. The number of hydrogen-bond donors (Lipinski definition) is 0. The predicted octanol–water partition coefficient (Wildman–Crippen LogP) is 5.43. The van der Waals surface area contributed by atoms with Gasteiger partial charge in [0.05, 0.1) is 0 Å². The molecular formula is C25H28NO-. The van der Waals surface area contributed by atoms with Crippen molar-refractivity contribution in [3.63, 3.8) is 0 Å². The van der Waals surface area contributed by atoms with Crippen molar-refractivity contribution in [1.29, 1.82) is 0 Å². The Bertz CT molecular complexity index is 799. The Morgan fingerprint density at radius 3 is 2.11 bits per heavy atom. The standard InChI is InChI=1S/C25H28NO/c1-4-24(20-10-8-9-11-20)25(21-12-6-5-7-13-21)22-14-16-23(17-15-22)27-19-18-26(2)3/h5-17H,4,18-19H2,1-3H3/q-1. The summed E-state index contributed by atoms with van der Waals surface area (Å²) >= 11 is 0. The molecule has 0 atom stereocenters. The minimum atomic E-state index is 0.696. The highest BCUT2D eigenvalue weighted by atomic mass is 16.5. The number of rotatable bonds is 8. The van der Waals surface area contributed by atoms with E-state index in [4.69, 9.17) is 4.74 Å². The van der Waals surface area contributed by atoms with Gasteiger partial charge < -0.3 is 9.64 Å². The average Bonchev–Trinajstić information content (AvgIpc) is 3.21. The van der Waals surface area contributed by atoms with Crippen LogP contribution in [0.1, 0.15) is 24.5 Å². The van der Waals surface area contributed by atoms with Crippen LogP contribution in [0.25, 0.3) is 0 Å². The van der Waals surface area contributed by atoms with Crippen molar-refractivity contribution in [2.75, 3.05) is 27.2 Å². The summed E-state index contributed by atoms with van der Waals surface area (Å²) in [5, 5.41) is 0. The first-order valence-corrected chi connectivity index (χ1v) is 9.57. The highest BCUT2D eigenvalue weighted by Crippen LogP contribution is 2.36. The van der Waals surface area contributed by atoms with E-state index in [1.807, 2.05) is 0 Å². The van der Waals surface area contributed by atoms with Crippen LogP contribution in [0.3, 0.4) is 0 Å². The van der Waals surface area contributed by atoms with Gasteiger partial charge in [0.1, 0.15) is 12.4 Å². The molecule has 0 spiro atoms. The summed E-state index contributed by atoms with van der Waals surface area (Å²) < 4.78 is 5.86. The Morgan fingerprint density at radius 1 is 0.889 bits per heavy atom. The van der Waals surface area contributed by atoms with Gasteiger partial charge in [-0.3, -0.25) is 0 Å². The van der Waals surface area contributed by atoms with Crippen LogP contribution >= 0.6 is 0 Å². The molecule has 0 bridgehead atoms. The van der Waals surface area contributed by atoms with Gasteiger partial charge in [0.25, 0.3) is 0 Å². The molecule has 27 heavy (non-hydrogen) atoms. The third-order valence-corrected chi connectivity index (χ3v) is 4.68. The molecule has 0 fully saturated rings. The van der Waals surface area contributed by atoms with Gasteiger partial charge in [-0.1, -0.05) is 66.5 Å². The fourth-order valence-corrected chi connectivity index (χ4v) is 3.28. The smallest absolute Gasteiger partial charge is 0.107 e. The second-order valence-electron chi connectivity index (χ2n) is 6.92. The Kier molecular flexibility index (Phi) is 6.56. The molecule has 0 unspecified atom stereocenters. The maximum atomic E-state index is 5.86. The van der Waals surface area contributed by atoms with Gasteiger partial charge in [-0.15, -0.1) is 35.4 Å². The number of nitrogens with zero attached hydrogens (tertiary/aromatic N) is 1. The molecule has 0 heterocycles. The highest BCUT2D eigenvalue weighted by molar-refractivity contribution is 5.61. The van der Waals surface area contributed by atoms with Crippen LogP contribution in [-0.2, 0) is 0 Å². The second-order valence-corrected chi connectivity index (χ2v) is 6.92. The van der Waals surface area contributed by atoms with Crippen LogP contribution in [0.4, 0.5) is 0 Å². The summed E-state index contributed by atoms with van der Waals surface area (Å²) in [5.41, 5.74) is 5.13. The minimum Gasteiger partial charge on any atom is -0.493 e. The zero-order chi connectivity index (χ0) is 19.1. The summed E-state index contributed by atoms with van der Waals surface area (Å²) in [6.07, 6.45) is 9.58. The molecule has 0 aromatic heterocycles. The van der Waals surface area contributed by atoms with E-state index in [0.29, 0.717) is 6.61 Å². The first-order valence-electron chi connectivity index (χ1n) is 9.57. The molecule has 0 N–H and O–H groups in total. The molecule has 0 aliphatic heterocycles. The maximum Gasteiger partial charge on any atom is 0.107 e. The van der Waals surface area contributed by atoms with Crippen molar-refractivity contribution in [3.8, 4) is 5.75 Å². The van der Waals surface area contributed by atoms with E-state index in [2.05, 4.69) is 105 Å². The third kappa shape index (κ3) is 4.93. The molecule has 2 nitrogen and oxygen atoms in total. The van der Waals surface area contributed by atoms with Crippen LogP contribution < -0.4 is 4.74 Å². The molecule has 0 saturated heterocycles. The summed E-state index contributed by atoms with van der Waals surface area (Å²) in [6.45, 7) is 3.83. The Hall–Kier alpha value is -2.71. The van der Waals surface area contributed by atoms with Crippen molar-refractivity contribution in [3.05, 3.63) is 107 Å². The zero-order valence-electron chi connectivity index (χ0n) is 16.5. The molecule has 3 rings (SSSR count). The molecule has 1 aliphatic carbocycles. The summed E-state index contributed by atoms with van der Waals surface area (Å²) in [5.74, 6) is 2.21. The summed E-state index contributed by atoms with van der Waals surface area (Å²) in [6, 6.07) is 19.1. The first kappa shape index (κ1) is 19.1. The van der Waals surface area contributed by atoms with Gasteiger partial charge in [-0.2, -0.15) is 0 Å². The van der Waals surface area contributed by atoms with E-state index >= 15 is 0 Å². The summed E-state index contributed by atoms with van der Waals surface area (Å²) in [7, 11) is 4.11.